The number of aryl methyl sites for hydroxylation is 1. The van der Waals surface area contributed by atoms with Crippen molar-refractivity contribution in [3.8, 4) is 0 Å². The molecule has 1 fully saturated rings. The van der Waals surface area contributed by atoms with Crippen LogP contribution < -0.4 is 5.73 Å². The number of nitrogens with two attached hydrogens (primary N) is 1. The predicted octanol–water partition coefficient (Wildman–Crippen LogP) is 1.18. The maximum atomic E-state index is 12.9. The van der Waals surface area contributed by atoms with Gasteiger partial charge < -0.3 is 15.4 Å². The van der Waals surface area contributed by atoms with Crippen molar-refractivity contribution < 1.29 is 9.53 Å². The van der Waals surface area contributed by atoms with E-state index in [4.69, 9.17) is 10.5 Å². The molecule has 1 unspecified atom stereocenters. The summed E-state index contributed by atoms with van der Waals surface area (Å²) in [5.41, 5.74) is 6.61. The molecule has 0 saturated carbocycles. The average Bonchev–Trinajstić information content (AvgIpc) is 2.94. The van der Waals surface area contributed by atoms with Gasteiger partial charge in [-0.3, -0.25) is 9.48 Å². The van der Waals surface area contributed by atoms with Crippen molar-refractivity contribution >= 4 is 5.91 Å². The van der Waals surface area contributed by atoms with Crippen molar-refractivity contribution in [2.45, 2.75) is 46.3 Å². The summed E-state index contributed by atoms with van der Waals surface area (Å²) in [7, 11) is 0. The smallest absolute Gasteiger partial charge is 0.230 e. The molecule has 1 aromatic heterocycles. The number of morpholine rings is 1. The molecule has 0 aromatic carbocycles. The molecule has 0 spiro atoms. The van der Waals surface area contributed by atoms with Gasteiger partial charge in [-0.25, -0.2) is 0 Å². The van der Waals surface area contributed by atoms with Crippen LogP contribution in [0.1, 0.15) is 32.3 Å². The van der Waals surface area contributed by atoms with E-state index < -0.39 is 5.41 Å². The third-order valence-corrected chi connectivity index (χ3v) is 4.78. The van der Waals surface area contributed by atoms with E-state index in [1.807, 2.05) is 42.7 Å². The van der Waals surface area contributed by atoms with E-state index in [-0.39, 0.29) is 12.0 Å². The Morgan fingerprint density at radius 2 is 2.23 bits per heavy atom. The first kappa shape index (κ1) is 17.0. The van der Waals surface area contributed by atoms with E-state index in [1.165, 1.54) is 0 Å². The maximum Gasteiger partial charge on any atom is 0.230 e. The second-order valence-electron chi connectivity index (χ2n) is 6.18. The van der Waals surface area contributed by atoms with Gasteiger partial charge in [0.1, 0.15) is 0 Å². The highest BCUT2D eigenvalue weighted by molar-refractivity contribution is 5.83. The Kier molecular flexibility index (Phi) is 5.58. The van der Waals surface area contributed by atoms with Gasteiger partial charge in [0.2, 0.25) is 5.91 Å². The van der Waals surface area contributed by atoms with E-state index in [0.717, 1.165) is 18.4 Å². The van der Waals surface area contributed by atoms with Crippen LogP contribution in [0.3, 0.4) is 0 Å². The number of carbonyl (C=O) groups is 1. The van der Waals surface area contributed by atoms with E-state index in [9.17, 15) is 4.79 Å². The van der Waals surface area contributed by atoms with Crippen LogP contribution in [-0.4, -0.2) is 52.9 Å². The number of aromatic nitrogens is 2. The number of carbonyl (C=O) groups excluding carboxylic acids is 1. The minimum Gasteiger partial charge on any atom is -0.373 e. The molecule has 0 aliphatic carbocycles. The Labute approximate surface area is 132 Å². The summed E-state index contributed by atoms with van der Waals surface area (Å²) in [5, 5.41) is 4.29. The molecular formula is C16H28N4O2. The molecule has 2 N–H and O–H groups in total. The highest BCUT2D eigenvalue weighted by Gasteiger charge is 2.38. The van der Waals surface area contributed by atoms with Crippen molar-refractivity contribution in [3.63, 3.8) is 0 Å². The average molecular weight is 308 g/mol. The second-order valence-corrected chi connectivity index (χ2v) is 6.18. The zero-order valence-corrected chi connectivity index (χ0v) is 13.9. The largest absolute Gasteiger partial charge is 0.373 e. The number of rotatable bonds is 6. The minimum absolute atomic E-state index is 0.0128. The lowest BCUT2D eigenvalue weighted by Gasteiger charge is -2.39. The van der Waals surface area contributed by atoms with Crippen LogP contribution in [0.4, 0.5) is 0 Å². The van der Waals surface area contributed by atoms with Gasteiger partial charge in [-0.2, -0.15) is 5.10 Å². The summed E-state index contributed by atoms with van der Waals surface area (Å²) < 4.78 is 7.68. The van der Waals surface area contributed by atoms with Crippen molar-refractivity contribution in [2.75, 3.05) is 26.2 Å². The zero-order chi connectivity index (χ0) is 16.2. The molecule has 1 amide bonds. The maximum absolute atomic E-state index is 12.9. The van der Waals surface area contributed by atoms with Gasteiger partial charge in [0, 0.05) is 25.8 Å². The van der Waals surface area contributed by atoms with Crippen LogP contribution in [0.15, 0.2) is 12.4 Å². The Balaban J connectivity index is 2.02. The first-order chi connectivity index (χ1) is 10.5. The molecule has 1 aliphatic heterocycles. The highest BCUT2D eigenvalue weighted by atomic mass is 16.5. The van der Waals surface area contributed by atoms with Crippen LogP contribution in [0, 0.1) is 12.3 Å². The van der Waals surface area contributed by atoms with Gasteiger partial charge in [0.25, 0.3) is 0 Å². The molecule has 1 aliphatic rings. The molecule has 1 saturated heterocycles. The second kappa shape index (κ2) is 7.24. The molecule has 2 rings (SSSR count). The zero-order valence-electron chi connectivity index (χ0n) is 13.9. The SMILES string of the molecule is CCC(CC)(CN)C(=O)N1CCOC(Cn2cc(C)cn2)C1. The molecule has 2 heterocycles. The fraction of sp³-hybridized carbons (Fsp3) is 0.750. The lowest BCUT2D eigenvalue weighted by Crippen LogP contribution is -2.54. The molecule has 22 heavy (non-hydrogen) atoms. The normalized spacial score (nSPS) is 19.5. The summed E-state index contributed by atoms with van der Waals surface area (Å²) in [6.07, 6.45) is 5.37. The fourth-order valence-corrected chi connectivity index (χ4v) is 3.05. The topological polar surface area (TPSA) is 73.4 Å². The Hall–Kier alpha value is -1.40. The Morgan fingerprint density at radius 1 is 1.50 bits per heavy atom. The highest BCUT2D eigenvalue weighted by Crippen LogP contribution is 2.28. The number of ether oxygens (including phenoxy) is 1. The lowest BCUT2D eigenvalue weighted by atomic mass is 9.80. The van der Waals surface area contributed by atoms with Crippen LogP contribution >= 0.6 is 0 Å². The van der Waals surface area contributed by atoms with E-state index >= 15 is 0 Å². The van der Waals surface area contributed by atoms with Gasteiger partial charge in [-0.05, 0) is 25.3 Å². The molecular weight excluding hydrogens is 280 g/mol. The minimum atomic E-state index is -0.426. The van der Waals surface area contributed by atoms with Crippen LogP contribution in [-0.2, 0) is 16.1 Å². The summed E-state index contributed by atoms with van der Waals surface area (Å²) >= 11 is 0. The Morgan fingerprint density at radius 3 is 2.77 bits per heavy atom. The van der Waals surface area contributed by atoms with E-state index in [2.05, 4.69) is 5.10 Å². The van der Waals surface area contributed by atoms with Gasteiger partial charge in [0.15, 0.2) is 0 Å². The molecule has 124 valence electrons. The molecule has 0 bridgehead atoms. The first-order valence-corrected chi connectivity index (χ1v) is 8.14. The molecule has 1 aromatic rings. The predicted molar refractivity (Wildman–Crippen MR) is 85.4 cm³/mol. The van der Waals surface area contributed by atoms with E-state index in [1.54, 1.807) is 0 Å². The van der Waals surface area contributed by atoms with E-state index in [0.29, 0.717) is 32.8 Å². The molecule has 1 atom stereocenters. The molecule has 6 nitrogen and oxygen atoms in total. The summed E-state index contributed by atoms with van der Waals surface area (Å²) in [4.78, 5) is 14.8. The van der Waals surface area contributed by atoms with Crippen molar-refractivity contribution in [2.24, 2.45) is 11.1 Å². The number of hydrogen-bond donors (Lipinski definition) is 1. The molecule has 6 heteroatoms. The number of amides is 1. The monoisotopic (exact) mass is 308 g/mol. The number of nitrogens with zero attached hydrogens (tertiary/aromatic N) is 3. The van der Waals surface area contributed by atoms with Crippen LogP contribution in [0.5, 0.6) is 0 Å². The van der Waals surface area contributed by atoms with Gasteiger partial charge >= 0.3 is 0 Å². The van der Waals surface area contributed by atoms with Crippen molar-refractivity contribution in [1.82, 2.24) is 14.7 Å². The fourth-order valence-electron chi connectivity index (χ4n) is 3.05. The van der Waals surface area contributed by atoms with Gasteiger partial charge in [0.05, 0.1) is 30.9 Å². The standard InChI is InChI=1S/C16H28N4O2/c1-4-16(5-2,12-17)15(21)19-6-7-22-14(10-19)11-20-9-13(3)8-18-20/h8-9,14H,4-7,10-12,17H2,1-3H3. The molecule has 0 radical (unpaired) electrons. The summed E-state index contributed by atoms with van der Waals surface area (Å²) in [6, 6.07) is 0. The lowest BCUT2D eigenvalue weighted by molar-refractivity contribution is -0.150. The summed E-state index contributed by atoms with van der Waals surface area (Å²) in [5.74, 6) is 0.171. The van der Waals surface area contributed by atoms with Gasteiger partial charge in [-0.15, -0.1) is 0 Å². The van der Waals surface area contributed by atoms with Crippen LogP contribution in [0.25, 0.3) is 0 Å². The van der Waals surface area contributed by atoms with Crippen LogP contribution in [0.2, 0.25) is 0 Å². The first-order valence-electron chi connectivity index (χ1n) is 8.14. The Bertz CT molecular complexity index is 488. The number of hydrogen-bond acceptors (Lipinski definition) is 4. The third kappa shape index (κ3) is 3.50. The third-order valence-electron chi connectivity index (χ3n) is 4.78. The summed E-state index contributed by atoms with van der Waals surface area (Å²) in [6.45, 7) is 9.00. The van der Waals surface area contributed by atoms with Crippen molar-refractivity contribution in [1.29, 1.82) is 0 Å². The van der Waals surface area contributed by atoms with Crippen molar-refractivity contribution in [3.05, 3.63) is 18.0 Å². The van der Waals surface area contributed by atoms with Gasteiger partial charge in [-0.1, -0.05) is 13.8 Å². The quantitative estimate of drug-likeness (QED) is 0.856.